The maximum absolute atomic E-state index is 5.69. The number of nitrogen functional groups attached to an aromatic ring is 1. The van der Waals surface area contributed by atoms with Gasteiger partial charge >= 0.3 is 0 Å². The SMILES string of the molecule is CCc1nc(N)cc(OCc2cccc(Br)c2)n1. The van der Waals surface area contributed by atoms with Crippen molar-refractivity contribution in [2.75, 3.05) is 5.73 Å². The maximum Gasteiger partial charge on any atom is 0.219 e. The van der Waals surface area contributed by atoms with Crippen molar-refractivity contribution in [1.82, 2.24) is 9.97 Å². The summed E-state index contributed by atoms with van der Waals surface area (Å²) in [5.41, 5.74) is 6.76. The average Bonchev–Trinajstić information content (AvgIpc) is 2.36. The minimum atomic E-state index is 0.436. The Bertz CT molecular complexity index is 546. The summed E-state index contributed by atoms with van der Waals surface area (Å²) < 4.78 is 6.65. The smallest absolute Gasteiger partial charge is 0.219 e. The number of benzene rings is 1. The predicted molar refractivity (Wildman–Crippen MR) is 74.3 cm³/mol. The number of nitrogens with zero attached hydrogens (tertiary/aromatic N) is 2. The van der Waals surface area contributed by atoms with Crippen molar-refractivity contribution in [3.8, 4) is 5.88 Å². The van der Waals surface area contributed by atoms with E-state index in [4.69, 9.17) is 10.5 Å². The van der Waals surface area contributed by atoms with Crippen molar-refractivity contribution in [2.24, 2.45) is 0 Å². The molecule has 4 nitrogen and oxygen atoms in total. The summed E-state index contributed by atoms with van der Waals surface area (Å²) in [6.07, 6.45) is 0.734. The van der Waals surface area contributed by atoms with Gasteiger partial charge in [0, 0.05) is 17.0 Å². The molecule has 0 radical (unpaired) electrons. The van der Waals surface area contributed by atoms with Gasteiger partial charge in [-0.05, 0) is 17.7 Å². The Kier molecular flexibility index (Phi) is 4.15. The Labute approximate surface area is 114 Å². The zero-order chi connectivity index (χ0) is 13.0. The van der Waals surface area contributed by atoms with Gasteiger partial charge in [-0.3, -0.25) is 0 Å². The summed E-state index contributed by atoms with van der Waals surface area (Å²) in [4.78, 5) is 8.37. The van der Waals surface area contributed by atoms with E-state index in [9.17, 15) is 0 Å². The maximum atomic E-state index is 5.69. The van der Waals surface area contributed by atoms with E-state index in [1.165, 1.54) is 0 Å². The molecule has 0 aliphatic carbocycles. The van der Waals surface area contributed by atoms with Crippen LogP contribution in [0.3, 0.4) is 0 Å². The number of aromatic nitrogens is 2. The number of hydrogen-bond acceptors (Lipinski definition) is 4. The van der Waals surface area contributed by atoms with Crippen LogP contribution < -0.4 is 10.5 Å². The van der Waals surface area contributed by atoms with Gasteiger partial charge in [-0.2, -0.15) is 4.98 Å². The minimum absolute atomic E-state index is 0.436. The van der Waals surface area contributed by atoms with Gasteiger partial charge in [-0.1, -0.05) is 35.0 Å². The Morgan fingerprint density at radius 2 is 2.11 bits per heavy atom. The van der Waals surface area contributed by atoms with E-state index in [2.05, 4.69) is 25.9 Å². The number of rotatable bonds is 4. The molecule has 0 aliphatic rings. The van der Waals surface area contributed by atoms with Crippen molar-refractivity contribution >= 4 is 21.7 Å². The van der Waals surface area contributed by atoms with Crippen LogP contribution in [0.4, 0.5) is 5.82 Å². The Morgan fingerprint density at radius 1 is 1.28 bits per heavy atom. The lowest BCUT2D eigenvalue weighted by atomic mass is 10.2. The van der Waals surface area contributed by atoms with Gasteiger partial charge in [-0.15, -0.1) is 0 Å². The number of hydrogen-bond donors (Lipinski definition) is 1. The molecule has 2 N–H and O–H groups in total. The van der Waals surface area contributed by atoms with E-state index in [0.717, 1.165) is 16.5 Å². The van der Waals surface area contributed by atoms with Crippen LogP contribution in [0.1, 0.15) is 18.3 Å². The molecular weight excluding hydrogens is 294 g/mol. The van der Waals surface area contributed by atoms with Crippen molar-refractivity contribution in [2.45, 2.75) is 20.0 Å². The Morgan fingerprint density at radius 3 is 2.83 bits per heavy atom. The first-order valence-corrected chi connectivity index (χ1v) is 6.47. The van der Waals surface area contributed by atoms with E-state index >= 15 is 0 Å². The molecule has 0 amide bonds. The molecular formula is C13H14BrN3O. The molecule has 0 fully saturated rings. The summed E-state index contributed by atoms with van der Waals surface area (Å²) in [6.45, 7) is 2.44. The number of nitrogens with two attached hydrogens (primary N) is 1. The molecule has 0 unspecified atom stereocenters. The van der Waals surface area contributed by atoms with Gasteiger partial charge in [0.1, 0.15) is 18.2 Å². The topological polar surface area (TPSA) is 61.0 Å². The Hall–Kier alpha value is -1.62. The van der Waals surface area contributed by atoms with E-state index in [1.807, 2.05) is 31.2 Å². The first kappa shape index (κ1) is 12.8. The fourth-order valence-corrected chi connectivity index (χ4v) is 1.96. The van der Waals surface area contributed by atoms with Crippen LogP contribution in [0.25, 0.3) is 0 Å². The molecule has 0 aliphatic heterocycles. The normalized spacial score (nSPS) is 10.3. The second-order valence-electron chi connectivity index (χ2n) is 3.82. The summed E-state index contributed by atoms with van der Waals surface area (Å²) in [6, 6.07) is 9.58. The van der Waals surface area contributed by atoms with Gasteiger partial charge in [0.2, 0.25) is 5.88 Å². The second kappa shape index (κ2) is 5.82. The lowest BCUT2D eigenvalue weighted by Crippen LogP contribution is -2.03. The number of halogens is 1. The zero-order valence-corrected chi connectivity index (χ0v) is 11.6. The largest absolute Gasteiger partial charge is 0.473 e. The molecule has 0 bridgehead atoms. The number of aryl methyl sites for hydroxylation is 1. The minimum Gasteiger partial charge on any atom is -0.473 e. The first-order chi connectivity index (χ1) is 8.67. The van der Waals surface area contributed by atoms with E-state index in [0.29, 0.717) is 24.1 Å². The molecule has 1 heterocycles. The molecule has 94 valence electrons. The lowest BCUT2D eigenvalue weighted by Gasteiger charge is -2.07. The third-order valence-corrected chi connectivity index (χ3v) is 2.85. The highest BCUT2D eigenvalue weighted by Gasteiger charge is 2.03. The fraction of sp³-hybridized carbons (Fsp3) is 0.231. The zero-order valence-electron chi connectivity index (χ0n) is 10.1. The highest BCUT2D eigenvalue weighted by Crippen LogP contribution is 2.16. The van der Waals surface area contributed by atoms with E-state index in [1.54, 1.807) is 6.07 Å². The molecule has 2 rings (SSSR count). The monoisotopic (exact) mass is 307 g/mol. The Balaban J connectivity index is 2.08. The molecule has 1 aromatic carbocycles. The van der Waals surface area contributed by atoms with Crippen molar-refractivity contribution < 1.29 is 4.74 Å². The molecule has 0 spiro atoms. The lowest BCUT2D eigenvalue weighted by molar-refractivity contribution is 0.292. The van der Waals surface area contributed by atoms with Crippen LogP contribution in [-0.4, -0.2) is 9.97 Å². The van der Waals surface area contributed by atoms with Crippen molar-refractivity contribution in [1.29, 1.82) is 0 Å². The first-order valence-electron chi connectivity index (χ1n) is 5.68. The highest BCUT2D eigenvalue weighted by molar-refractivity contribution is 9.10. The van der Waals surface area contributed by atoms with Crippen LogP contribution >= 0.6 is 15.9 Å². The predicted octanol–water partition coefficient (Wildman–Crippen LogP) is 2.96. The summed E-state index contributed by atoms with van der Waals surface area (Å²) in [5.74, 6) is 1.64. The third-order valence-electron chi connectivity index (χ3n) is 2.36. The van der Waals surface area contributed by atoms with Crippen LogP contribution in [0.2, 0.25) is 0 Å². The summed E-state index contributed by atoms with van der Waals surface area (Å²) in [7, 11) is 0. The standard InChI is InChI=1S/C13H14BrN3O/c1-2-12-16-11(15)7-13(17-12)18-8-9-4-3-5-10(14)6-9/h3-7H,2,8H2,1H3,(H2,15,16,17). The van der Waals surface area contributed by atoms with Crippen LogP contribution in [-0.2, 0) is 13.0 Å². The van der Waals surface area contributed by atoms with Crippen molar-refractivity contribution in [3.63, 3.8) is 0 Å². The third kappa shape index (κ3) is 3.43. The molecule has 5 heteroatoms. The summed E-state index contributed by atoms with van der Waals surface area (Å²) in [5, 5.41) is 0. The quantitative estimate of drug-likeness (QED) is 0.943. The highest BCUT2D eigenvalue weighted by atomic mass is 79.9. The number of ether oxygens (including phenoxy) is 1. The van der Waals surface area contributed by atoms with Crippen LogP contribution in [0.15, 0.2) is 34.8 Å². The van der Waals surface area contributed by atoms with Gasteiger partial charge in [0.05, 0.1) is 0 Å². The molecule has 0 saturated carbocycles. The fourth-order valence-electron chi connectivity index (χ4n) is 1.51. The molecule has 18 heavy (non-hydrogen) atoms. The van der Waals surface area contributed by atoms with Gasteiger partial charge in [0.25, 0.3) is 0 Å². The average molecular weight is 308 g/mol. The molecule has 1 aromatic heterocycles. The molecule has 2 aromatic rings. The van der Waals surface area contributed by atoms with Crippen molar-refractivity contribution in [3.05, 3.63) is 46.2 Å². The van der Waals surface area contributed by atoms with Gasteiger partial charge in [-0.25, -0.2) is 4.98 Å². The van der Waals surface area contributed by atoms with E-state index in [-0.39, 0.29) is 0 Å². The number of anilines is 1. The second-order valence-corrected chi connectivity index (χ2v) is 4.74. The van der Waals surface area contributed by atoms with Gasteiger partial charge in [0.15, 0.2) is 0 Å². The molecule has 0 saturated heterocycles. The summed E-state index contributed by atoms with van der Waals surface area (Å²) >= 11 is 3.42. The van der Waals surface area contributed by atoms with Crippen LogP contribution in [0, 0.1) is 0 Å². The van der Waals surface area contributed by atoms with E-state index < -0.39 is 0 Å². The molecule has 0 atom stereocenters. The van der Waals surface area contributed by atoms with Crippen LogP contribution in [0.5, 0.6) is 5.88 Å². The van der Waals surface area contributed by atoms with Gasteiger partial charge < -0.3 is 10.5 Å².